The summed E-state index contributed by atoms with van der Waals surface area (Å²) in [5.41, 5.74) is -0.170. The largest absolute Gasteiger partial charge is 0.363 e. The molecular weight excluding hydrogens is 463 g/mol. The summed E-state index contributed by atoms with van der Waals surface area (Å²) in [6.45, 7) is 2.13. The molecule has 12 heteroatoms. The highest BCUT2D eigenvalue weighted by Gasteiger charge is 2.45. The van der Waals surface area contributed by atoms with E-state index < -0.39 is 54.4 Å². The average Bonchev–Trinajstić information content (AvgIpc) is 3.34. The van der Waals surface area contributed by atoms with Crippen LogP contribution in [0.1, 0.15) is 54.5 Å². The van der Waals surface area contributed by atoms with Crippen molar-refractivity contribution in [3.05, 3.63) is 52.7 Å². The molecular formula is C22H23F5N4O3. The minimum absolute atomic E-state index is 0.00156. The molecule has 0 spiro atoms. The number of rotatable bonds is 9. The van der Waals surface area contributed by atoms with Crippen LogP contribution in [0.25, 0.3) is 0 Å². The van der Waals surface area contributed by atoms with Gasteiger partial charge in [0.15, 0.2) is 6.29 Å². The van der Waals surface area contributed by atoms with Crippen molar-refractivity contribution >= 4 is 11.7 Å². The van der Waals surface area contributed by atoms with Crippen LogP contribution in [0.4, 0.5) is 27.8 Å². The third kappa shape index (κ3) is 5.27. The fourth-order valence-corrected chi connectivity index (χ4v) is 3.88. The van der Waals surface area contributed by atoms with Crippen LogP contribution in [0.3, 0.4) is 0 Å². The van der Waals surface area contributed by atoms with Crippen LogP contribution >= 0.6 is 0 Å². The zero-order chi connectivity index (χ0) is 24.4. The van der Waals surface area contributed by atoms with Crippen molar-refractivity contribution in [3.63, 3.8) is 0 Å². The van der Waals surface area contributed by atoms with Gasteiger partial charge in [-0.15, -0.1) is 0 Å². The highest BCUT2D eigenvalue weighted by atomic mass is 19.3. The molecule has 2 aromatic rings. The van der Waals surface area contributed by atoms with Crippen molar-refractivity contribution in [2.45, 2.75) is 51.0 Å². The van der Waals surface area contributed by atoms with E-state index in [-0.39, 0.29) is 43.1 Å². The van der Waals surface area contributed by atoms with E-state index in [9.17, 15) is 26.7 Å². The molecule has 34 heavy (non-hydrogen) atoms. The molecule has 4 rings (SSSR count). The molecule has 2 heterocycles. The van der Waals surface area contributed by atoms with E-state index >= 15 is 0 Å². The molecule has 2 N–H and O–H groups in total. The Bertz CT molecular complexity index is 1040. The quantitative estimate of drug-likeness (QED) is 0.520. The lowest BCUT2D eigenvalue weighted by molar-refractivity contribution is -0.120. The molecule has 0 radical (unpaired) electrons. The van der Waals surface area contributed by atoms with Crippen LogP contribution in [0.2, 0.25) is 0 Å². The standard InChI is InChI=1S/C22H23F5N4O3/c1-10(11-3-2-4-12(18(11)23)19(24)25)30-21-17(22-33-5-6-34-22)15(28-9-29-21)8-16(32)31-14-7-13(14)20(26)27/h2-4,9-10,13-14,19-20,22H,5-8H2,1H3,(H,31,32)(H,28,29,30)/t10-,13?,14+/m1/s1. The van der Waals surface area contributed by atoms with Crippen molar-refractivity contribution in [3.8, 4) is 0 Å². The Hall–Kier alpha value is -2.86. The van der Waals surface area contributed by atoms with E-state index in [0.717, 1.165) is 6.07 Å². The number of ether oxygens (including phenoxy) is 2. The van der Waals surface area contributed by atoms with Gasteiger partial charge in [-0.1, -0.05) is 18.2 Å². The van der Waals surface area contributed by atoms with Crippen LogP contribution in [-0.4, -0.2) is 41.6 Å². The average molecular weight is 486 g/mol. The zero-order valence-corrected chi connectivity index (χ0v) is 18.1. The zero-order valence-electron chi connectivity index (χ0n) is 18.1. The SMILES string of the molecule is C[C@@H](Nc1ncnc(CC(=O)N[C@H]2CC2C(F)F)c1C1OCCO1)c1cccc(C(F)F)c1F. The highest BCUT2D eigenvalue weighted by molar-refractivity contribution is 5.79. The lowest BCUT2D eigenvalue weighted by Crippen LogP contribution is -2.30. The molecule has 1 amide bonds. The first-order valence-corrected chi connectivity index (χ1v) is 10.7. The number of anilines is 1. The summed E-state index contributed by atoms with van der Waals surface area (Å²) in [5, 5.41) is 5.53. The number of nitrogens with one attached hydrogen (secondary N) is 2. The number of nitrogens with zero attached hydrogens (tertiary/aromatic N) is 2. The van der Waals surface area contributed by atoms with Crippen LogP contribution in [-0.2, 0) is 20.7 Å². The van der Waals surface area contributed by atoms with Crippen LogP contribution in [0, 0.1) is 11.7 Å². The predicted octanol–water partition coefficient (Wildman–Crippen LogP) is 4.08. The predicted molar refractivity (Wildman–Crippen MR) is 110 cm³/mol. The van der Waals surface area contributed by atoms with E-state index in [0.29, 0.717) is 5.56 Å². The topological polar surface area (TPSA) is 85.4 Å². The third-order valence-electron chi connectivity index (χ3n) is 5.78. The summed E-state index contributed by atoms with van der Waals surface area (Å²) in [5.74, 6) is -2.21. The Morgan fingerprint density at radius 3 is 2.50 bits per heavy atom. The first kappa shape index (κ1) is 24.3. The fourth-order valence-electron chi connectivity index (χ4n) is 3.88. The summed E-state index contributed by atoms with van der Waals surface area (Å²) in [4.78, 5) is 20.8. The fraction of sp³-hybridized carbons (Fsp3) is 0.500. The normalized spacial score (nSPS) is 21.2. The van der Waals surface area contributed by atoms with Gasteiger partial charge in [0.05, 0.1) is 42.5 Å². The van der Waals surface area contributed by atoms with Crippen molar-refractivity contribution in [1.29, 1.82) is 0 Å². The molecule has 3 atom stereocenters. The van der Waals surface area contributed by atoms with Gasteiger partial charge in [0.2, 0.25) is 12.3 Å². The number of carbonyl (C=O) groups excluding carboxylic acids is 1. The van der Waals surface area contributed by atoms with Gasteiger partial charge >= 0.3 is 0 Å². The van der Waals surface area contributed by atoms with Gasteiger partial charge in [-0.25, -0.2) is 31.9 Å². The molecule has 1 aromatic heterocycles. The number of hydrogen-bond donors (Lipinski definition) is 2. The van der Waals surface area contributed by atoms with E-state index in [2.05, 4.69) is 20.6 Å². The number of hydrogen-bond acceptors (Lipinski definition) is 6. The molecule has 2 aliphatic rings. The smallest absolute Gasteiger partial charge is 0.266 e. The molecule has 0 bridgehead atoms. The van der Waals surface area contributed by atoms with Crippen molar-refractivity contribution in [1.82, 2.24) is 15.3 Å². The van der Waals surface area contributed by atoms with E-state index in [1.807, 2.05) is 0 Å². The summed E-state index contributed by atoms with van der Waals surface area (Å²) in [6.07, 6.45) is -5.23. The van der Waals surface area contributed by atoms with Crippen LogP contribution < -0.4 is 10.6 Å². The second-order valence-corrected chi connectivity index (χ2v) is 8.16. The van der Waals surface area contributed by atoms with Crippen LogP contribution in [0.15, 0.2) is 24.5 Å². The minimum Gasteiger partial charge on any atom is -0.363 e. The number of alkyl halides is 4. The summed E-state index contributed by atoms with van der Waals surface area (Å²) in [6, 6.07) is 2.36. The van der Waals surface area contributed by atoms with Gasteiger partial charge in [-0.2, -0.15) is 0 Å². The molecule has 1 aliphatic heterocycles. The Kier molecular flexibility index (Phi) is 7.27. The molecule has 1 aromatic carbocycles. The van der Waals surface area contributed by atoms with Gasteiger partial charge in [0.1, 0.15) is 18.0 Å². The molecule has 1 aliphatic carbocycles. The Morgan fingerprint density at radius 1 is 1.15 bits per heavy atom. The monoisotopic (exact) mass is 486 g/mol. The van der Waals surface area contributed by atoms with E-state index in [4.69, 9.17) is 9.47 Å². The number of carbonyl (C=O) groups is 1. The Balaban J connectivity index is 1.57. The van der Waals surface area contributed by atoms with E-state index in [1.54, 1.807) is 6.92 Å². The number of aromatic nitrogens is 2. The maximum Gasteiger partial charge on any atom is 0.266 e. The molecule has 1 saturated carbocycles. The molecule has 2 fully saturated rings. The van der Waals surface area contributed by atoms with Crippen molar-refractivity contribution in [2.75, 3.05) is 18.5 Å². The van der Waals surface area contributed by atoms with Gasteiger partial charge in [0.25, 0.3) is 6.43 Å². The van der Waals surface area contributed by atoms with Gasteiger partial charge in [-0.3, -0.25) is 4.79 Å². The summed E-state index contributed by atoms with van der Waals surface area (Å²) >= 11 is 0. The second kappa shape index (κ2) is 10.2. The lowest BCUT2D eigenvalue weighted by Gasteiger charge is -2.22. The molecule has 1 saturated heterocycles. The van der Waals surface area contributed by atoms with E-state index in [1.165, 1.54) is 18.5 Å². The molecule has 1 unspecified atom stereocenters. The van der Waals surface area contributed by atoms with Crippen LogP contribution in [0.5, 0.6) is 0 Å². The Morgan fingerprint density at radius 2 is 1.85 bits per heavy atom. The lowest BCUT2D eigenvalue weighted by atomic mass is 10.0. The van der Waals surface area contributed by atoms with Gasteiger partial charge in [0, 0.05) is 17.5 Å². The molecule has 184 valence electrons. The summed E-state index contributed by atoms with van der Waals surface area (Å²) in [7, 11) is 0. The first-order valence-electron chi connectivity index (χ1n) is 10.7. The molecule has 7 nitrogen and oxygen atoms in total. The first-order chi connectivity index (χ1) is 16.3. The Labute approximate surface area is 192 Å². The van der Waals surface area contributed by atoms with Gasteiger partial charge < -0.3 is 20.1 Å². The summed E-state index contributed by atoms with van der Waals surface area (Å²) < 4.78 is 77.5. The second-order valence-electron chi connectivity index (χ2n) is 8.16. The number of halogens is 5. The number of benzene rings is 1. The third-order valence-corrected chi connectivity index (χ3v) is 5.78. The van der Waals surface area contributed by atoms with Gasteiger partial charge in [-0.05, 0) is 13.3 Å². The van der Waals surface area contributed by atoms with Crippen molar-refractivity contribution in [2.24, 2.45) is 5.92 Å². The van der Waals surface area contributed by atoms with Crippen molar-refractivity contribution < 1.29 is 36.2 Å². The number of amides is 1. The maximum atomic E-state index is 14.6. The maximum absolute atomic E-state index is 14.6. The highest BCUT2D eigenvalue weighted by Crippen LogP contribution is 2.37. The minimum atomic E-state index is -2.97.